The molecule has 3 unspecified atom stereocenters. The van der Waals surface area contributed by atoms with E-state index in [1.165, 1.54) is 11.1 Å². The van der Waals surface area contributed by atoms with Gasteiger partial charge < -0.3 is 11.1 Å². The number of rotatable bonds is 4. The number of likely N-dealkylation sites (tertiary alicyclic amines) is 1. The molecule has 2 rings (SSSR count). The van der Waals surface area contributed by atoms with Crippen molar-refractivity contribution in [3.05, 3.63) is 35.4 Å². The van der Waals surface area contributed by atoms with Crippen LogP contribution in [0.3, 0.4) is 0 Å². The van der Waals surface area contributed by atoms with Crippen molar-refractivity contribution in [2.75, 3.05) is 20.1 Å². The number of nitrogens with two attached hydrogens (primary N) is 1. The quantitative estimate of drug-likeness (QED) is 0.889. The summed E-state index contributed by atoms with van der Waals surface area (Å²) in [5.74, 6) is 0.123. The third-order valence-electron chi connectivity index (χ3n) is 4.55. The second kappa shape index (κ2) is 6.16. The molecule has 1 aromatic rings. The summed E-state index contributed by atoms with van der Waals surface area (Å²) in [5.41, 5.74) is 8.42. The van der Waals surface area contributed by atoms with Crippen LogP contribution in [0, 0.1) is 12.3 Å². The topological polar surface area (TPSA) is 58.4 Å². The summed E-state index contributed by atoms with van der Waals surface area (Å²) in [6, 6.07) is 8.70. The Morgan fingerprint density at radius 3 is 2.76 bits per heavy atom. The summed E-state index contributed by atoms with van der Waals surface area (Å²) >= 11 is 0. The van der Waals surface area contributed by atoms with Gasteiger partial charge in [0.2, 0.25) is 5.91 Å². The molecule has 1 heterocycles. The van der Waals surface area contributed by atoms with E-state index in [1.807, 2.05) is 13.8 Å². The number of benzene rings is 1. The molecule has 1 aliphatic rings. The average Bonchev–Trinajstić information content (AvgIpc) is 2.81. The van der Waals surface area contributed by atoms with Crippen LogP contribution in [0.1, 0.15) is 37.4 Å². The van der Waals surface area contributed by atoms with E-state index in [0.29, 0.717) is 0 Å². The first-order valence-electron chi connectivity index (χ1n) is 7.66. The molecule has 21 heavy (non-hydrogen) atoms. The van der Waals surface area contributed by atoms with Crippen LogP contribution in [0.2, 0.25) is 0 Å². The molecule has 0 saturated carbocycles. The van der Waals surface area contributed by atoms with E-state index >= 15 is 0 Å². The van der Waals surface area contributed by atoms with E-state index in [-0.39, 0.29) is 23.4 Å². The molecular weight excluding hydrogens is 262 g/mol. The van der Waals surface area contributed by atoms with Crippen LogP contribution < -0.4 is 11.1 Å². The van der Waals surface area contributed by atoms with Gasteiger partial charge >= 0.3 is 0 Å². The molecule has 0 bridgehead atoms. The molecule has 1 aromatic carbocycles. The molecule has 1 aliphatic heterocycles. The summed E-state index contributed by atoms with van der Waals surface area (Å²) in [5, 5.41) is 2.79. The summed E-state index contributed by atoms with van der Waals surface area (Å²) in [6.45, 7) is 7.85. The number of carbonyl (C=O) groups excluding carboxylic acids is 1. The van der Waals surface area contributed by atoms with Gasteiger partial charge in [-0.15, -0.1) is 0 Å². The molecule has 3 atom stereocenters. The lowest BCUT2D eigenvalue weighted by molar-refractivity contribution is -0.129. The Morgan fingerprint density at radius 2 is 2.19 bits per heavy atom. The Hall–Kier alpha value is -1.39. The molecule has 116 valence electrons. The third-order valence-corrected chi connectivity index (χ3v) is 4.55. The number of hydrogen-bond acceptors (Lipinski definition) is 3. The zero-order valence-corrected chi connectivity index (χ0v) is 13.5. The largest absolute Gasteiger partial charge is 0.359 e. The lowest BCUT2D eigenvalue weighted by Gasteiger charge is -2.33. The minimum Gasteiger partial charge on any atom is -0.359 e. The van der Waals surface area contributed by atoms with Crippen molar-refractivity contribution in [3.8, 4) is 0 Å². The minimum atomic E-state index is -0.314. The number of amides is 1. The van der Waals surface area contributed by atoms with Gasteiger partial charge in [-0.1, -0.05) is 29.8 Å². The third kappa shape index (κ3) is 3.27. The van der Waals surface area contributed by atoms with Gasteiger partial charge in [-0.05, 0) is 39.3 Å². The summed E-state index contributed by atoms with van der Waals surface area (Å²) in [6.07, 6.45) is 0.877. The van der Waals surface area contributed by atoms with Crippen LogP contribution in [0.5, 0.6) is 0 Å². The van der Waals surface area contributed by atoms with Crippen molar-refractivity contribution >= 4 is 5.91 Å². The standard InChI is InChI=1S/C17H27N3O/c1-12-6-5-7-14(10-12)15(13(2)18)20-9-8-17(3,11-20)16(21)19-4/h5-7,10,13,15H,8-9,11,18H2,1-4H3,(H,19,21). The van der Waals surface area contributed by atoms with Crippen LogP contribution in [-0.4, -0.2) is 37.0 Å². The van der Waals surface area contributed by atoms with Gasteiger partial charge in [-0.3, -0.25) is 9.69 Å². The van der Waals surface area contributed by atoms with Crippen molar-refractivity contribution in [2.45, 2.75) is 39.3 Å². The highest BCUT2D eigenvalue weighted by molar-refractivity contribution is 5.82. The van der Waals surface area contributed by atoms with E-state index in [9.17, 15) is 4.79 Å². The second-order valence-electron chi connectivity index (χ2n) is 6.58. The normalized spacial score (nSPS) is 25.6. The fraction of sp³-hybridized carbons (Fsp3) is 0.588. The molecule has 0 aromatic heterocycles. The maximum Gasteiger partial charge on any atom is 0.227 e. The summed E-state index contributed by atoms with van der Waals surface area (Å²) in [7, 11) is 1.71. The van der Waals surface area contributed by atoms with Crippen molar-refractivity contribution < 1.29 is 4.79 Å². The van der Waals surface area contributed by atoms with Crippen molar-refractivity contribution in [2.24, 2.45) is 11.1 Å². The molecular formula is C17H27N3O. The van der Waals surface area contributed by atoms with Gasteiger partial charge in [0, 0.05) is 25.7 Å². The zero-order chi connectivity index (χ0) is 15.6. The van der Waals surface area contributed by atoms with E-state index in [2.05, 4.69) is 41.4 Å². The zero-order valence-electron chi connectivity index (χ0n) is 13.5. The molecule has 3 N–H and O–H groups in total. The lowest BCUT2D eigenvalue weighted by Crippen LogP contribution is -2.42. The monoisotopic (exact) mass is 289 g/mol. The molecule has 4 heteroatoms. The maximum atomic E-state index is 12.1. The summed E-state index contributed by atoms with van der Waals surface area (Å²) < 4.78 is 0. The highest BCUT2D eigenvalue weighted by Gasteiger charge is 2.42. The number of nitrogens with one attached hydrogen (secondary N) is 1. The van der Waals surface area contributed by atoms with Crippen LogP contribution >= 0.6 is 0 Å². The fourth-order valence-electron chi connectivity index (χ4n) is 3.42. The Labute approximate surface area is 127 Å². The van der Waals surface area contributed by atoms with Gasteiger partial charge in [-0.2, -0.15) is 0 Å². The number of carbonyl (C=O) groups is 1. The van der Waals surface area contributed by atoms with Crippen LogP contribution in [-0.2, 0) is 4.79 Å². The Morgan fingerprint density at radius 1 is 1.48 bits per heavy atom. The van der Waals surface area contributed by atoms with Gasteiger partial charge in [-0.25, -0.2) is 0 Å². The molecule has 1 saturated heterocycles. The molecule has 4 nitrogen and oxygen atoms in total. The number of hydrogen-bond donors (Lipinski definition) is 2. The van der Waals surface area contributed by atoms with E-state index in [0.717, 1.165) is 19.5 Å². The molecule has 1 fully saturated rings. The number of nitrogens with zero attached hydrogens (tertiary/aromatic N) is 1. The van der Waals surface area contributed by atoms with Crippen molar-refractivity contribution in [1.82, 2.24) is 10.2 Å². The average molecular weight is 289 g/mol. The summed E-state index contributed by atoms with van der Waals surface area (Å²) in [4.78, 5) is 14.5. The minimum absolute atomic E-state index is 0.0267. The van der Waals surface area contributed by atoms with Crippen LogP contribution in [0.25, 0.3) is 0 Å². The highest BCUT2D eigenvalue weighted by atomic mass is 16.2. The van der Waals surface area contributed by atoms with Gasteiger partial charge in [0.25, 0.3) is 0 Å². The Bertz CT molecular complexity index is 515. The first-order chi connectivity index (χ1) is 9.87. The predicted octanol–water partition coefficient (Wildman–Crippen LogP) is 1.84. The highest BCUT2D eigenvalue weighted by Crippen LogP contribution is 2.36. The molecule has 1 amide bonds. The first-order valence-corrected chi connectivity index (χ1v) is 7.66. The van der Waals surface area contributed by atoms with Crippen molar-refractivity contribution in [1.29, 1.82) is 0 Å². The smallest absolute Gasteiger partial charge is 0.227 e. The van der Waals surface area contributed by atoms with Gasteiger partial charge in [0.15, 0.2) is 0 Å². The molecule has 0 aliphatic carbocycles. The van der Waals surface area contributed by atoms with E-state index in [1.54, 1.807) is 7.05 Å². The van der Waals surface area contributed by atoms with E-state index < -0.39 is 0 Å². The number of aryl methyl sites for hydroxylation is 1. The van der Waals surface area contributed by atoms with E-state index in [4.69, 9.17) is 5.73 Å². The van der Waals surface area contributed by atoms with Crippen molar-refractivity contribution in [3.63, 3.8) is 0 Å². The van der Waals surface area contributed by atoms with Crippen LogP contribution in [0.4, 0.5) is 0 Å². The molecule has 0 radical (unpaired) electrons. The Kier molecular flexibility index (Phi) is 4.69. The van der Waals surface area contributed by atoms with Crippen LogP contribution in [0.15, 0.2) is 24.3 Å². The molecule has 0 spiro atoms. The fourth-order valence-corrected chi connectivity index (χ4v) is 3.42. The second-order valence-corrected chi connectivity index (χ2v) is 6.58. The first kappa shape index (κ1) is 16.0. The predicted molar refractivity (Wildman–Crippen MR) is 85.9 cm³/mol. The maximum absolute atomic E-state index is 12.1. The van der Waals surface area contributed by atoms with Gasteiger partial charge in [0.1, 0.15) is 0 Å². The lowest BCUT2D eigenvalue weighted by atomic mass is 9.88. The van der Waals surface area contributed by atoms with Gasteiger partial charge in [0.05, 0.1) is 5.41 Å². The Balaban J connectivity index is 2.23. The SMILES string of the molecule is CNC(=O)C1(C)CCN(C(c2cccc(C)c2)C(C)N)C1.